The summed E-state index contributed by atoms with van der Waals surface area (Å²) in [5, 5.41) is 4.78. The lowest BCUT2D eigenvalue weighted by Gasteiger charge is -2.07. The fourth-order valence-electron chi connectivity index (χ4n) is 1.96. The van der Waals surface area contributed by atoms with E-state index >= 15 is 0 Å². The van der Waals surface area contributed by atoms with Gasteiger partial charge >= 0.3 is 0 Å². The zero-order valence-electron chi connectivity index (χ0n) is 12.2. The van der Waals surface area contributed by atoms with Gasteiger partial charge in [0.15, 0.2) is 10.4 Å². The standard InChI is InChI=1S/C16H11BrIN3O3/c17-12-7-11(24-16(12)18)8-20-21-14(22)9-23-13-5-1-3-10-4-2-6-19-15(10)13/h1-8H,9H2,(H,21,22)/b20-8-. The Morgan fingerprint density at radius 1 is 1.42 bits per heavy atom. The Morgan fingerprint density at radius 3 is 3.04 bits per heavy atom. The van der Waals surface area contributed by atoms with Crippen molar-refractivity contribution in [2.24, 2.45) is 5.10 Å². The van der Waals surface area contributed by atoms with E-state index in [0.717, 1.165) is 9.86 Å². The van der Waals surface area contributed by atoms with Crippen LogP contribution >= 0.6 is 38.5 Å². The van der Waals surface area contributed by atoms with Crippen molar-refractivity contribution in [1.82, 2.24) is 10.4 Å². The molecular weight excluding hydrogens is 489 g/mol. The molecule has 3 rings (SSSR count). The quantitative estimate of drug-likeness (QED) is 0.330. The molecule has 1 amide bonds. The maximum absolute atomic E-state index is 11.8. The van der Waals surface area contributed by atoms with Crippen molar-refractivity contribution in [2.45, 2.75) is 0 Å². The highest BCUT2D eigenvalue weighted by molar-refractivity contribution is 14.1. The van der Waals surface area contributed by atoms with Gasteiger partial charge in [-0.15, -0.1) is 0 Å². The van der Waals surface area contributed by atoms with Crippen molar-refractivity contribution < 1.29 is 13.9 Å². The number of furan rings is 1. The molecule has 0 saturated heterocycles. The summed E-state index contributed by atoms with van der Waals surface area (Å²) < 4.78 is 12.5. The van der Waals surface area contributed by atoms with Crippen LogP contribution in [0.4, 0.5) is 0 Å². The predicted octanol–water partition coefficient (Wildman–Crippen LogP) is 3.72. The normalized spacial score (nSPS) is 11.1. The van der Waals surface area contributed by atoms with Gasteiger partial charge in [-0.25, -0.2) is 5.43 Å². The maximum atomic E-state index is 11.8. The zero-order chi connectivity index (χ0) is 16.9. The molecule has 8 heteroatoms. The number of nitrogens with one attached hydrogen (secondary N) is 1. The number of halogens is 2. The molecule has 6 nitrogen and oxygen atoms in total. The second-order valence-electron chi connectivity index (χ2n) is 4.68. The van der Waals surface area contributed by atoms with E-state index in [2.05, 4.69) is 31.4 Å². The van der Waals surface area contributed by atoms with Gasteiger partial charge in [0.2, 0.25) is 0 Å². The molecule has 0 spiro atoms. The van der Waals surface area contributed by atoms with E-state index in [1.54, 1.807) is 18.3 Å². The minimum atomic E-state index is -0.375. The van der Waals surface area contributed by atoms with Crippen LogP contribution in [-0.4, -0.2) is 23.7 Å². The third-order valence-corrected chi connectivity index (χ3v) is 5.13. The highest BCUT2D eigenvalue weighted by Crippen LogP contribution is 2.23. The summed E-state index contributed by atoms with van der Waals surface area (Å²) in [6.45, 7) is -0.160. The second-order valence-corrected chi connectivity index (χ2v) is 6.52. The number of carbonyl (C=O) groups excluding carboxylic acids is 1. The number of pyridine rings is 1. The summed E-state index contributed by atoms with van der Waals surface area (Å²) >= 11 is 5.38. The van der Waals surface area contributed by atoms with Crippen molar-refractivity contribution in [2.75, 3.05) is 6.61 Å². The molecule has 0 fully saturated rings. The lowest BCUT2D eigenvalue weighted by atomic mass is 10.2. The number of benzene rings is 1. The van der Waals surface area contributed by atoms with Crippen molar-refractivity contribution in [3.05, 3.63) is 56.6 Å². The molecule has 0 aliphatic carbocycles. The Balaban J connectivity index is 1.57. The summed E-state index contributed by atoms with van der Waals surface area (Å²) in [4.78, 5) is 16.1. The van der Waals surface area contributed by atoms with Crippen molar-refractivity contribution >= 4 is 61.5 Å². The molecule has 1 N–H and O–H groups in total. The van der Waals surface area contributed by atoms with E-state index in [0.29, 0.717) is 20.8 Å². The molecule has 0 atom stereocenters. The van der Waals surface area contributed by atoms with Gasteiger partial charge in [0, 0.05) is 40.2 Å². The number of amides is 1. The fraction of sp³-hybridized carbons (Fsp3) is 0.0625. The lowest BCUT2D eigenvalue weighted by Crippen LogP contribution is -2.24. The van der Waals surface area contributed by atoms with Gasteiger partial charge in [-0.3, -0.25) is 9.78 Å². The third kappa shape index (κ3) is 4.12. The first-order chi connectivity index (χ1) is 11.6. The van der Waals surface area contributed by atoms with Gasteiger partial charge in [-0.05, 0) is 28.1 Å². The van der Waals surface area contributed by atoms with Crippen LogP contribution in [0.1, 0.15) is 5.76 Å². The van der Waals surface area contributed by atoms with Gasteiger partial charge in [-0.1, -0.05) is 18.2 Å². The topological polar surface area (TPSA) is 76.7 Å². The summed E-state index contributed by atoms with van der Waals surface area (Å²) in [6, 6.07) is 11.1. The summed E-state index contributed by atoms with van der Waals surface area (Å²) in [5.41, 5.74) is 3.10. The Morgan fingerprint density at radius 2 is 2.25 bits per heavy atom. The number of hydrazone groups is 1. The van der Waals surface area contributed by atoms with Gasteiger partial charge in [-0.2, -0.15) is 5.10 Å². The van der Waals surface area contributed by atoms with Crippen LogP contribution in [0.2, 0.25) is 0 Å². The largest absolute Gasteiger partial charge is 0.481 e. The summed E-state index contributed by atoms with van der Waals surface area (Å²) in [5.74, 6) is 0.710. The molecule has 0 saturated carbocycles. The van der Waals surface area contributed by atoms with Gasteiger partial charge < -0.3 is 9.15 Å². The molecule has 24 heavy (non-hydrogen) atoms. The van der Waals surface area contributed by atoms with Crippen molar-refractivity contribution in [3.63, 3.8) is 0 Å². The molecule has 122 valence electrons. The molecule has 0 bridgehead atoms. The molecule has 0 aliphatic heterocycles. The highest BCUT2D eigenvalue weighted by Gasteiger charge is 2.07. The second kappa shape index (κ2) is 7.75. The molecular formula is C16H11BrIN3O3. The van der Waals surface area contributed by atoms with Crippen LogP contribution < -0.4 is 10.2 Å². The number of hydrogen-bond donors (Lipinski definition) is 1. The highest BCUT2D eigenvalue weighted by atomic mass is 127. The van der Waals surface area contributed by atoms with E-state index in [9.17, 15) is 4.79 Å². The summed E-state index contributed by atoms with van der Waals surface area (Å²) in [7, 11) is 0. The first kappa shape index (κ1) is 16.9. The molecule has 2 heterocycles. The molecule has 1 aromatic carbocycles. The molecule has 0 aliphatic rings. The number of nitrogens with zero attached hydrogens (tertiary/aromatic N) is 2. The Bertz CT molecular complexity index is 886. The number of aromatic nitrogens is 1. The number of para-hydroxylation sites is 1. The molecule has 3 aromatic rings. The van der Waals surface area contributed by atoms with Gasteiger partial charge in [0.1, 0.15) is 17.0 Å². The minimum absolute atomic E-state index is 0.160. The lowest BCUT2D eigenvalue weighted by molar-refractivity contribution is -0.123. The zero-order valence-corrected chi connectivity index (χ0v) is 15.9. The van der Waals surface area contributed by atoms with E-state index < -0.39 is 0 Å². The number of rotatable bonds is 5. The third-order valence-electron chi connectivity index (χ3n) is 3.00. The minimum Gasteiger partial charge on any atom is -0.481 e. The first-order valence-electron chi connectivity index (χ1n) is 6.87. The Kier molecular flexibility index (Phi) is 5.46. The SMILES string of the molecule is O=C(COc1cccc2cccnc12)N/N=C\c1cc(Br)c(I)o1. The molecule has 0 radical (unpaired) electrons. The average molecular weight is 500 g/mol. The Labute approximate surface area is 159 Å². The number of ether oxygens (including phenoxy) is 1. The predicted molar refractivity (Wildman–Crippen MR) is 102 cm³/mol. The maximum Gasteiger partial charge on any atom is 0.277 e. The number of fused-ring (bicyclic) bond motifs is 1. The van der Waals surface area contributed by atoms with Crippen LogP contribution in [0.5, 0.6) is 5.75 Å². The van der Waals surface area contributed by atoms with Gasteiger partial charge in [0.25, 0.3) is 5.91 Å². The van der Waals surface area contributed by atoms with Crippen molar-refractivity contribution in [1.29, 1.82) is 0 Å². The van der Waals surface area contributed by atoms with Crippen LogP contribution in [0.25, 0.3) is 10.9 Å². The summed E-state index contributed by atoms with van der Waals surface area (Å²) in [6.07, 6.45) is 3.10. The van der Waals surface area contributed by atoms with Crippen LogP contribution in [0, 0.1) is 3.77 Å². The average Bonchev–Trinajstić information content (AvgIpc) is 2.91. The van der Waals surface area contributed by atoms with E-state index in [-0.39, 0.29) is 12.5 Å². The first-order valence-corrected chi connectivity index (χ1v) is 8.74. The molecule has 0 unspecified atom stereocenters. The fourth-order valence-corrected chi connectivity index (χ4v) is 2.68. The van der Waals surface area contributed by atoms with Crippen LogP contribution in [0.15, 0.2) is 56.6 Å². The van der Waals surface area contributed by atoms with E-state index in [4.69, 9.17) is 9.15 Å². The molecule has 2 aromatic heterocycles. The Hall–Kier alpha value is -1.94. The van der Waals surface area contributed by atoms with E-state index in [1.807, 2.05) is 46.9 Å². The van der Waals surface area contributed by atoms with Crippen molar-refractivity contribution in [3.8, 4) is 5.75 Å². The number of carbonyl (C=O) groups is 1. The number of hydrogen-bond acceptors (Lipinski definition) is 5. The van der Waals surface area contributed by atoms with Crippen LogP contribution in [0.3, 0.4) is 0 Å². The monoisotopic (exact) mass is 499 g/mol. The van der Waals surface area contributed by atoms with Crippen LogP contribution in [-0.2, 0) is 4.79 Å². The van der Waals surface area contributed by atoms with E-state index in [1.165, 1.54) is 6.21 Å². The smallest absolute Gasteiger partial charge is 0.277 e. The van der Waals surface area contributed by atoms with Gasteiger partial charge in [0.05, 0.1) is 10.7 Å².